The Bertz CT molecular complexity index is 1440. The number of halogens is 2. The van der Waals surface area contributed by atoms with Gasteiger partial charge in [0.2, 0.25) is 0 Å². The highest BCUT2D eigenvalue weighted by molar-refractivity contribution is 6.31. The van der Waals surface area contributed by atoms with Crippen molar-refractivity contribution in [3.63, 3.8) is 0 Å². The molecule has 4 rings (SSSR count). The number of hydrogen-bond donors (Lipinski definition) is 1. The van der Waals surface area contributed by atoms with Crippen molar-refractivity contribution < 1.29 is 4.79 Å². The topological polar surface area (TPSA) is 57.8 Å². The van der Waals surface area contributed by atoms with Crippen molar-refractivity contribution in [2.75, 3.05) is 5.32 Å². The van der Waals surface area contributed by atoms with Crippen LogP contribution in [0.2, 0.25) is 10.0 Å². The minimum atomic E-state index is -0.467. The van der Waals surface area contributed by atoms with Gasteiger partial charge >= 0.3 is 0 Å². The third-order valence-electron chi connectivity index (χ3n) is 5.66. The number of carbonyl (C=O) groups excluding carboxylic acids is 1. The summed E-state index contributed by atoms with van der Waals surface area (Å²) in [7, 11) is 0. The number of rotatable bonds is 5. The van der Waals surface area contributed by atoms with Crippen molar-refractivity contribution in [2.45, 2.75) is 20.4 Å². The highest BCUT2D eigenvalue weighted by Gasteiger charge is 2.17. The van der Waals surface area contributed by atoms with Crippen molar-refractivity contribution in [1.29, 1.82) is 5.26 Å². The van der Waals surface area contributed by atoms with Gasteiger partial charge in [0.05, 0.1) is 0 Å². The van der Waals surface area contributed by atoms with Gasteiger partial charge in [0.25, 0.3) is 5.91 Å². The number of para-hydroxylation sites is 1. The summed E-state index contributed by atoms with van der Waals surface area (Å²) >= 11 is 12.4. The molecule has 1 aromatic heterocycles. The molecule has 0 atom stereocenters. The fourth-order valence-corrected chi connectivity index (χ4v) is 4.31. The van der Waals surface area contributed by atoms with Gasteiger partial charge < -0.3 is 9.88 Å². The first-order valence-corrected chi connectivity index (χ1v) is 11.1. The Kier molecular flexibility index (Phi) is 6.55. The average molecular weight is 474 g/mol. The smallest absolute Gasteiger partial charge is 0.266 e. The predicted octanol–water partition coefficient (Wildman–Crippen LogP) is 7.16. The molecule has 0 spiro atoms. The Balaban J connectivity index is 1.75. The number of amides is 1. The van der Waals surface area contributed by atoms with Gasteiger partial charge in [-0.3, -0.25) is 4.79 Å². The number of anilines is 1. The molecule has 0 fully saturated rings. The number of fused-ring (bicyclic) bond motifs is 1. The molecule has 0 aliphatic carbocycles. The number of benzene rings is 3. The molecule has 33 heavy (non-hydrogen) atoms. The van der Waals surface area contributed by atoms with E-state index in [1.807, 2.05) is 62.4 Å². The van der Waals surface area contributed by atoms with Gasteiger partial charge in [0.1, 0.15) is 11.6 Å². The molecule has 0 bridgehead atoms. The van der Waals surface area contributed by atoms with Gasteiger partial charge in [-0.05, 0) is 61.4 Å². The van der Waals surface area contributed by atoms with Crippen LogP contribution in [0.4, 0.5) is 5.69 Å². The van der Waals surface area contributed by atoms with E-state index in [-0.39, 0.29) is 5.57 Å². The molecule has 164 valence electrons. The quantitative estimate of drug-likeness (QED) is 0.247. The number of nitrogens with one attached hydrogen (secondary N) is 1. The Morgan fingerprint density at radius 3 is 2.52 bits per heavy atom. The molecule has 0 aliphatic heterocycles. The minimum absolute atomic E-state index is 0.0214. The van der Waals surface area contributed by atoms with E-state index in [2.05, 4.69) is 16.0 Å². The zero-order valence-electron chi connectivity index (χ0n) is 18.2. The Morgan fingerprint density at radius 1 is 1.06 bits per heavy atom. The number of aromatic nitrogens is 1. The molecule has 0 radical (unpaired) electrons. The maximum atomic E-state index is 12.9. The summed E-state index contributed by atoms with van der Waals surface area (Å²) in [5.41, 5.74) is 5.23. The number of nitrogens with zero attached hydrogens (tertiary/aromatic N) is 2. The van der Waals surface area contributed by atoms with Crippen LogP contribution in [0.25, 0.3) is 17.0 Å². The van der Waals surface area contributed by atoms with Gasteiger partial charge in [0.15, 0.2) is 0 Å². The first-order chi connectivity index (χ1) is 15.9. The second kappa shape index (κ2) is 9.54. The maximum absolute atomic E-state index is 12.9. The Labute approximate surface area is 202 Å². The van der Waals surface area contributed by atoms with E-state index in [9.17, 15) is 10.1 Å². The molecule has 4 aromatic rings. The van der Waals surface area contributed by atoms with E-state index < -0.39 is 5.91 Å². The van der Waals surface area contributed by atoms with Crippen LogP contribution in [-0.2, 0) is 11.3 Å². The minimum Gasteiger partial charge on any atom is -0.340 e. The van der Waals surface area contributed by atoms with Crippen LogP contribution in [-0.4, -0.2) is 10.5 Å². The molecule has 0 saturated heterocycles. The lowest BCUT2D eigenvalue weighted by Gasteiger charge is -2.10. The fourth-order valence-electron chi connectivity index (χ4n) is 3.89. The summed E-state index contributed by atoms with van der Waals surface area (Å²) in [6.45, 7) is 4.42. The monoisotopic (exact) mass is 473 g/mol. The number of hydrogen-bond acceptors (Lipinski definition) is 2. The molecule has 4 nitrogen and oxygen atoms in total. The van der Waals surface area contributed by atoms with E-state index in [1.165, 1.54) is 0 Å². The second-order valence-corrected chi connectivity index (χ2v) is 8.62. The summed E-state index contributed by atoms with van der Waals surface area (Å²) in [4.78, 5) is 12.9. The van der Waals surface area contributed by atoms with Gasteiger partial charge in [-0.15, -0.1) is 0 Å². The number of nitriles is 1. The lowest BCUT2D eigenvalue weighted by atomic mass is 10.1. The summed E-state index contributed by atoms with van der Waals surface area (Å²) in [6, 6.07) is 22.9. The number of carbonyl (C=O) groups is 1. The normalized spacial score (nSPS) is 11.4. The standard InChI is InChI=1S/C27H21Cl2N3O/c1-17-13-21(28)11-12-25(17)31-27(33)20(15-30)14-23-18(2)32(26-10-6-4-8-22(23)26)16-19-7-3-5-9-24(19)29/h3-14H,16H2,1-2H3,(H,31,33)/b20-14+. The summed E-state index contributed by atoms with van der Waals surface area (Å²) in [5, 5.41) is 14.8. The zero-order chi connectivity index (χ0) is 23.5. The SMILES string of the molecule is Cc1cc(Cl)ccc1NC(=O)/C(C#N)=C/c1c(C)n(Cc2ccccc2Cl)c2ccccc12. The van der Waals surface area contributed by atoms with Gasteiger partial charge in [0, 0.05) is 44.4 Å². The largest absolute Gasteiger partial charge is 0.340 e. The Hall–Kier alpha value is -3.52. The fraction of sp³-hybridized carbons (Fsp3) is 0.111. The lowest BCUT2D eigenvalue weighted by Crippen LogP contribution is -2.14. The third kappa shape index (κ3) is 4.66. The van der Waals surface area contributed by atoms with Crippen molar-refractivity contribution in [3.8, 4) is 6.07 Å². The summed E-state index contributed by atoms with van der Waals surface area (Å²) in [6.07, 6.45) is 1.65. The molecule has 0 saturated carbocycles. The van der Waals surface area contributed by atoms with Crippen molar-refractivity contribution in [2.24, 2.45) is 0 Å². The molecule has 0 unspecified atom stereocenters. The molecule has 1 N–H and O–H groups in total. The molecular weight excluding hydrogens is 453 g/mol. The maximum Gasteiger partial charge on any atom is 0.266 e. The van der Waals surface area contributed by atoms with E-state index in [0.29, 0.717) is 22.3 Å². The number of aryl methyl sites for hydroxylation is 1. The van der Waals surface area contributed by atoms with Crippen LogP contribution < -0.4 is 5.32 Å². The van der Waals surface area contributed by atoms with Crippen LogP contribution in [0, 0.1) is 25.2 Å². The van der Waals surface area contributed by atoms with E-state index in [0.717, 1.165) is 33.3 Å². The predicted molar refractivity (Wildman–Crippen MR) is 136 cm³/mol. The van der Waals surface area contributed by atoms with E-state index >= 15 is 0 Å². The molecule has 3 aromatic carbocycles. The first-order valence-electron chi connectivity index (χ1n) is 10.4. The third-order valence-corrected chi connectivity index (χ3v) is 6.26. The average Bonchev–Trinajstić information content (AvgIpc) is 3.06. The van der Waals surface area contributed by atoms with Gasteiger partial charge in [-0.1, -0.05) is 59.6 Å². The van der Waals surface area contributed by atoms with Crippen LogP contribution in [0.1, 0.15) is 22.4 Å². The molecular formula is C27H21Cl2N3O. The van der Waals surface area contributed by atoms with Crippen LogP contribution >= 0.6 is 23.2 Å². The molecule has 0 aliphatic rings. The van der Waals surface area contributed by atoms with E-state index in [4.69, 9.17) is 23.2 Å². The van der Waals surface area contributed by atoms with Crippen molar-refractivity contribution in [3.05, 3.63) is 105 Å². The molecule has 1 amide bonds. The highest BCUT2D eigenvalue weighted by Crippen LogP contribution is 2.30. The van der Waals surface area contributed by atoms with Gasteiger partial charge in [-0.25, -0.2) is 0 Å². The molecule has 1 heterocycles. The van der Waals surface area contributed by atoms with Crippen LogP contribution in [0.5, 0.6) is 0 Å². The second-order valence-electron chi connectivity index (χ2n) is 7.78. The van der Waals surface area contributed by atoms with Crippen LogP contribution in [0.15, 0.2) is 72.3 Å². The van der Waals surface area contributed by atoms with E-state index in [1.54, 1.807) is 24.3 Å². The molecule has 6 heteroatoms. The summed E-state index contributed by atoms with van der Waals surface area (Å²) < 4.78 is 2.15. The van der Waals surface area contributed by atoms with Gasteiger partial charge in [-0.2, -0.15) is 5.26 Å². The zero-order valence-corrected chi connectivity index (χ0v) is 19.7. The van der Waals surface area contributed by atoms with Crippen molar-refractivity contribution in [1.82, 2.24) is 4.57 Å². The van der Waals surface area contributed by atoms with Crippen LogP contribution in [0.3, 0.4) is 0 Å². The van der Waals surface area contributed by atoms with Crippen molar-refractivity contribution >= 4 is 51.8 Å². The Morgan fingerprint density at radius 2 is 1.79 bits per heavy atom. The highest BCUT2D eigenvalue weighted by atomic mass is 35.5. The summed E-state index contributed by atoms with van der Waals surface area (Å²) in [5.74, 6) is -0.467. The lowest BCUT2D eigenvalue weighted by molar-refractivity contribution is -0.112. The first kappa shape index (κ1) is 22.7.